The molecule has 0 bridgehead atoms. The fraction of sp³-hybridized carbons (Fsp3) is 0.259. The van der Waals surface area contributed by atoms with Gasteiger partial charge in [-0.3, -0.25) is 9.59 Å². The summed E-state index contributed by atoms with van der Waals surface area (Å²) in [5.74, 6) is 0.820. The summed E-state index contributed by atoms with van der Waals surface area (Å²) in [5, 5.41) is 5.73. The Labute approximate surface area is 189 Å². The monoisotopic (exact) mass is 430 g/mol. The molecule has 0 radical (unpaired) electrons. The average Bonchev–Trinajstić information content (AvgIpc) is 2.80. The quantitative estimate of drug-likeness (QED) is 0.452. The Bertz CT molecular complexity index is 1010. The molecule has 0 saturated heterocycles. The van der Waals surface area contributed by atoms with Crippen molar-refractivity contribution < 1.29 is 14.3 Å². The molecule has 32 heavy (non-hydrogen) atoms. The van der Waals surface area contributed by atoms with Crippen LogP contribution >= 0.6 is 0 Å². The van der Waals surface area contributed by atoms with Gasteiger partial charge in [-0.25, -0.2) is 0 Å². The lowest BCUT2D eigenvalue weighted by atomic mass is 10.0. The predicted octanol–water partition coefficient (Wildman–Crippen LogP) is 5.79. The van der Waals surface area contributed by atoms with E-state index in [0.29, 0.717) is 35.9 Å². The normalized spacial score (nSPS) is 11.6. The predicted molar refractivity (Wildman–Crippen MR) is 129 cm³/mol. The first-order valence-corrected chi connectivity index (χ1v) is 10.9. The molecular formula is C27H30N2O3. The molecule has 0 aromatic heterocycles. The number of nitrogens with one attached hydrogen (secondary N) is 2. The molecule has 2 N–H and O–H groups in total. The Morgan fingerprint density at radius 2 is 1.38 bits per heavy atom. The topological polar surface area (TPSA) is 67.4 Å². The van der Waals surface area contributed by atoms with Gasteiger partial charge in [0.05, 0.1) is 0 Å². The standard InChI is InChI=1S/C27H30N2O3/c1-19(2)22-10-16-25(17-11-22)32-20(3)27(31)29-24-14-12-23(13-15-24)28-26(30)18-9-21-7-5-4-6-8-21/h4-8,10-17,19-20H,9,18H2,1-3H3,(H,28,30)(H,29,31). The van der Waals surface area contributed by atoms with Crippen molar-refractivity contribution in [3.8, 4) is 5.75 Å². The molecule has 0 fully saturated rings. The summed E-state index contributed by atoms with van der Waals surface area (Å²) in [6.07, 6.45) is 0.464. The van der Waals surface area contributed by atoms with Crippen molar-refractivity contribution in [2.45, 2.75) is 45.6 Å². The third kappa shape index (κ3) is 6.98. The van der Waals surface area contributed by atoms with E-state index in [1.54, 1.807) is 31.2 Å². The third-order valence-corrected chi connectivity index (χ3v) is 5.15. The largest absolute Gasteiger partial charge is 0.481 e. The molecule has 0 saturated carbocycles. The Hall–Kier alpha value is -3.60. The highest BCUT2D eigenvalue weighted by atomic mass is 16.5. The summed E-state index contributed by atoms with van der Waals surface area (Å²) < 4.78 is 5.75. The highest BCUT2D eigenvalue weighted by Crippen LogP contribution is 2.20. The van der Waals surface area contributed by atoms with E-state index < -0.39 is 6.10 Å². The van der Waals surface area contributed by atoms with Crippen molar-refractivity contribution in [1.29, 1.82) is 0 Å². The number of hydrogen-bond acceptors (Lipinski definition) is 3. The zero-order valence-corrected chi connectivity index (χ0v) is 18.8. The van der Waals surface area contributed by atoms with E-state index in [-0.39, 0.29) is 11.8 Å². The van der Waals surface area contributed by atoms with Crippen LogP contribution < -0.4 is 15.4 Å². The van der Waals surface area contributed by atoms with Gasteiger partial charge in [0.1, 0.15) is 5.75 Å². The fourth-order valence-electron chi connectivity index (χ4n) is 3.20. The second kappa shape index (κ2) is 11.1. The Morgan fingerprint density at radius 1 is 0.781 bits per heavy atom. The van der Waals surface area contributed by atoms with E-state index in [1.807, 2.05) is 54.6 Å². The lowest BCUT2D eigenvalue weighted by Crippen LogP contribution is -2.30. The summed E-state index contributed by atoms with van der Waals surface area (Å²) in [6, 6.07) is 24.8. The van der Waals surface area contributed by atoms with Gasteiger partial charge in [-0.2, -0.15) is 0 Å². The van der Waals surface area contributed by atoms with Crippen LogP contribution in [0, 0.1) is 0 Å². The molecule has 0 spiro atoms. The van der Waals surface area contributed by atoms with Crippen molar-refractivity contribution in [2.75, 3.05) is 10.6 Å². The van der Waals surface area contributed by atoms with Gasteiger partial charge in [-0.15, -0.1) is 0 Å². The Kier molecular flexibility index (Phi) is 8.03. The Morgan fingerprint density at radius 3 is 1.97 bits per heavy atom. The molecule has 0 heterocycles. The van der Waals surface area contributed by atoms with Gasteiger partial charge in [-0.1, -0.05) is 56.3 Å². The van der Waals surface area contributed by atoms with E-state index in [4.69, 9.17) is 4.74 Å². The van der Waals surface area contributed by atoms with Gasteiger partial charge in [0.25, 0.3) is 5.91 Å². The minimum atomic E-state index is -0.641. The number of carbonyl (C=O) groups excluding carboxylic acids is 2. The summed E-state index contributed by atoms with van der Waals surface area (Å²) in [7, 11) is 0. The maximum absolute atomic E-state index is 12.5. The van der Waals surface area contributed by atoms with Crippen LogP contribution in [0.15, 0.2) is 78.9 Å². The molecule has 3 aromatic rings. The Balaban J connectivity index is 1.46. The molecule has 2 amide bonds. The van der Waals surface area contributed by atoms with E-state index >= 15 is 0 Å². The van der Waals surface area contributed by atoms with Crippen molar-refractivity contribution in [3.05, 3.63) is 90.0 Å². The molecule has 0 aliphatic rings. The maximum Gasteiger partial charge on any atom is 0.265 e. The minimum absolute atomic E-state index is 0.0452. The molecule has 3 rings (SSSR count). The van der Waals surface area contributed by atoms with Crippen LogP contribution in [0.1, 0.15) is 44.2 Å². The molecule has 1 unspecified atom stereocenters. The van der Waals surface area contributed by atoms with Crippen molar-refractivity contribution in [3.63, 3.8) is 0 Å². The summed E-state index contributed by atoms with van der Waals surface area (Å²) in [4.78, 5) is 24.6. The number of aryl methyl sites for hydroxylation is 1. The third-order valence-electron chi connectivity index (χ3n) is 5.15. The van der Waals surface area contributed by atoms with E-state index in [1.165, 1.54) is 5.56 Å². The number of anilines is 2. The number of rotatable bonds is 9. The lowest BCUT2D eigenvalue weighted by molar-refractivity contribution is -0.122. The van der Waals surface area contributed by atoms with Gasteiger partial charge >= 0.3 is 0 Å². The van der Waals surface area contributed by atoms with Gasteiger partial charge in [0.15, 0.2) is 6.10 Å². The molecular weight excluding hydrogens is 400 g/mol. The summed E-state index contributed by atoms with van der Waals surface area (Å²) in [6.45, 7) is 5.98. The van der Waals surface area contributed by atoms with Crippen LogP contribution in [0.2, 0.25) is 0 Å². The number of ether oxygens (including phenoxy) is 1. The second-order valence-electron chi connectivity index (χ2n) is 8.08. The first-order chi connectivity index (χ1) is 15.4. The molecule has 0 aliphatic carbocycles. The average molecular weight is 431 g/mol. The number of hydrogen-bond donors (Lipinski definition) is 2. The maximum atomic E-state index is 12.5. The van der Waals surface area contributed by atoms with Crippen molar-refractivity contribution >= 4 is 23.2 Å². The number of carbonyl (C=O) groups is 2. The van der Waals surface area contributed by atoms with Crippen LogP contribution in [0.4, 0.5) is 11.4 Å². The van der Waals surface area contributed by atoms with Gasteiger partial charge in [0.2, 0.25) is 5.91 Å². The number of amides is 2. The van der Waals surface area contributed by atoms with Crippen LogP contribution in [0.25, 0.3) is 0 Å². The smallest absolute Gasteiger partial charge is 0.265 e. The first-order valence-electron chi connectivity index (χ1n) is 10.9. The fourth-order valence-corrected chi connectivity index (χ4v) is 3.20. The van der Waals surface area contributed by atoms with E-state index in [9.17, 15) is 9.59 Å². The summed E-state index contributed by atoms with van der Waals surface area (Å²) in [5.41, 5.74) is 3.69. The van der Waals surface area contributed by atoms with Gasteiger partial charge in [-0.05, 0) is 66.8 Å². The van der Waals surface area contributed by atoms with Crippen LogP contribution in [0.3, 0.4) is 0 Å². The highest BCUT2D eigenvalue weighted by Gasteiger charge is 2.15. The van der Waals surface area contributed by atoms with Crippen LogP contribution in [0.5, 0.6) is 5.75 Å². The SMILES string of the molecule is CC(Oc1ccc(C(C)C)cc1)C(=O)Nc1ccc(NC(=O)CCc2ccccc2)cc1. The summed E-state index contributed by atoms with van der Waals surface area (Å²) >= 11 is 0. The van der Waals surface area contributed by atoms with Gasteiger partial charge < -0.3 is 15.4 Å². The molecule has 0 aliphatic heterocycles. The molecule has 1 atom stereocenters. The zero-order chi connectivity index (χ0) is 22.9. The van der Waals surface area contributed by atoms with Gasteiger partial charge in [0, 0.05) is 17.8 Å². The first kappa shape index (κ1) is 23.1. The lowest BCUT2D eigenvalue weighted by Gasteiger charge is -2.16. The molecule has 5 nitrogen and oxygen atoms in total. The highest BCUT2D eigenvalue weighted by molar-refractivity contribution is 5.95. The van der Waals surface area contributed by atoms with Crippen molar-refractivity contribution in [2.24, 2.45) is 0 Å². The number of benzene rings is 3. The second-order valence-corrected chi connectivity index (χ2v) is 8.08. The molecule has 166 valence electrons. The van der Waals surface area contributed by atoms with Crippen LogP contribution in [-0.2, 0) is 16.0 Å². The van der Waals surface area contributed by atoms with Crippen molar-refractivity contribution in [1.82, 2.24) is 0 Å². The molecule has 3 aromatic carbocycles. The van der Waals surface area contributed by atoms with E-state index in [2.05, 4.69) is 24.5 Å². The van der Waals surface area contributed by atoms with Crippen LogP contribution in [-0.4, -0.2) is 17.9 Å². The molecule has 5 heteroatoms. The minimum Gasteiger partial charge on any atom is -0.481 e. The van der Waals surface area contributed by atoms with E-state index in [0.717, 1.165) is 5.56 Å². The zero-order valence-electron chi connectivity index (χ0n) is 18.8.